The van der Waals surface area contributed by atoms with Crippen molar-refractivity contribution >= 4 is 29.2 Å². The van der Waals surface area contributed by atoms with Crippen LogP contribution in [0.3, 0.4) is 0 Å². The number of aromatic nitrogens is 2. The minimum absolute atomic E-state index is 0.143. The van der Waals surface area contributed by atoms with Crippen molar-refractivity contribution in [3.8, 4) is 11.4 Å². The summed E-state index contributed by atoms with van der Waals surface area (Å²) >= 11 is 1.51. The Hall–Kier alpha value is -2.75. The molecule has 0 unspecified atom stereocenters. The van der Waals surface area contributed by atoms with Gasteiger partial charge in [0.15, 0.2) is 6.61 Å². The van der Waals surface area contributed by atoms with Crippen molar-refractivity contribution < 1.29 is 23.6 Å². The molecule has 2 aromatic rings. The largest absolute Gasteiger partial charge is 0.454 e. The van der Waals surface area contributed by atoms with E-state index < -0.39 is 24.1 Å². The summed E-state index contributed by atoms with van der Waals surface area (Å²) in [6.07, 6.45) is 2.93. The number of amides is 3. The quantitative estimate of drug-likeness (QED) is 0.601. The highest BCUT2D eigenvalue weighted by Gasteiger charge is 2.52. The van der Waals surface area contributed by atoms with Gasteiger partial charge in [0, 0.05) is 10.9 Å². The summed E-state index contributed by atoms with van der Waals surface area (Å²) in [7, 11) is 0. The van der Waals surface area contributed by atoms with E-state index in [1.54, 1.807) is 0 Å². The van der Waals surface area contributed by atoms with Gasteiger partial charge in [0.1, 0.15) is 12.1 Å². The maximum absolute atomic E-state index is 12.7. The molecule has 4 rings (SSSR count). The Bertz CT molecular complexity index is 886. The van der Waals surface area contributed by atoms with E-state index in [-0.39, 0.29) is 18.4 Å². The van der Waals surface area contributed by atoms with Crippen LogP contribution in [-0.2, 0) is 20.9 Å². The Morgan fingerprint density at radius 1 is 1.43 bits per heavy atom. The molecule has 1 saturated carbocycles. The summed E-state index contributed by atoms with van der Waals surface area (Å²) in [4.78, 5) is 42.2. The predicted molar refractivity (Wildman–Crippen MR) is 98.0 cm³/mol. The lowest BCUT2D eigenvalue weighted by molar-refractivity contribution is -0.149. The zero-order chi connectivity index (χ0) is 19.7. The number of thiophene rings is 1. The molecule has 2 aliphatic rings. The first kappa shape index (κ1) is 18.6. The van der Waals surface area contributed by atoms with Gasteiger partial charge in [-0.2, -0.15) is 16.3 Å². The van der Waals surface area contributed by atoms with Gasteiger partial charge in [0.05, 0.1) is 0 Å². The number of hydrogen-bond acceptors (Lipinski definition) is 8. The number of hydrogen-bond donors (Lipinski definition) is 1. The van der Waals surface area contributed by atoms with E-state index in [0.29, 0.717) is 24.6 Å². The molecule has 2 fully saturated rings. The zero-order valence-corrected chi connectivity index (χ0v) is 16.2. The van der Waals surface area contributed by atoms with Crippen LogP contribution in [0.1, 0.15) is 38.5 Å². The number of imide groups is 1. The van der Waals surface area contributed by atoms with Crippen molar-refractivity contribution in [3.05, 3.63) is 22.7 Å². The number of rotatable bonds is 5. The normalized spacial score (nSPS) is 24.6. The van der Waals surface area contributed by atoms with Gasteiger partial charge in [0.25, 0.3) is 11.8 Å². The van der Waals surface area contributed by atoms with E-state index in [9.17, 15) is 14.4 Å². The zero-order valence-electron chi connectivity index (χ0n) is 15.3. The summed E-state index contributed by atoms with van der Waals surface area (Å²) in [6, 6.07) is 1.30. The molecular weight excluding hydrogens is 384 g/mol. The van der Waals surface area contributed by atoms with Gasteiger partial charge in [0.2, 0.25) is 5.82 Å². The van der Waals surface area contributed by atoms with Crippen LogP contribution in [0.4, 0.5) is 4.79 Å². The topological polar surface area (TPSA) is 115 Å². The van der Waals surface area contributed by atoms with Gasteiger partial charge in [-0.05, 0) is 43.0 Å². The van der Waals surface area contributed by atoms with E-state index in [1.807, 2.05) is 16.8 Å². The second-order valence-electron chi connectivity index (χ2n) is 7.27. The minimum Gasteiger partial charge on any atom is -0.454 e. The highest BCUT2D eigenvalue weighted by Crippen LogP contribution is 2.36. The van der Waals surface area contributed by atoms with Gasteiger partial charge in [-0.25, -0.2) is 4.79 Å². The lowest BCUT2D eigenvalue weighted by atomic mass is 9.77. The highest BCUT2D eigenvalue weighted by atomic mass is 32.1. The molecule has 1 N–H and O–H groups in total. The van der Waals surface area contributed by atoms with Crippen LogP contribution in [0.5, 0.6) is 0 Å². The number of urea groups is 1. The second kappa shape index (κ2) is 7.34. The average molecular weight is 404 g/mol. The lowest BCUT2D eigenvalue weighted by Crippen LogP contribution is -2.49. The third-order valence-corrected chi connectivity index (χ3v) is 5.95. The monoisotopic (exact) mass is 404 g/mol. The molecule has 148 valence electrons. The van der Waals surface area contributed by atoms with Crippen LogP contribution in [0.2, 0.25) is 0 Å². The smallest absolute Gasteiger partial charge is 0.326 e. The van der Waals surface area contributed by atoms with E-state index in [0.717, 1.165) is 23.3 Å². The molecule has 2 aromatic heterocycles. The fourth-order valence-corrected chi connectivity index (χ4v) is 4.19. The molecule has 3 amide bonds. The van der Waals surface area contributed by atoms with Crippen LogP contribution in [0.25, 0.3) is 11.4 Å². The number of nitrogens with zero attached hydrogens (tertiary/aromatic N) is 3. The standard InChI is InChI=1S/C18H20N4O5S/c1-11-2-5-18(6-3-11)16(24)22(17(25)20-18)8-14(23)26-9-13-19-15(21-27-13)12-4-7-28-10-12/h4,7,10-11H,2-3,5-6,8-9H2,1H3,(H,20,25). The second-order valence-corrected chi connectivity index (χ2v) is 8.05. The van der Waals surface area contributed by atoms with Crippen molar-refractivity contribution in [1.29, 1.82) is 0 Å². The minimum atomic E-state index is -0.869. The van der Waals surface area contributed by atoms with Gasteiger partial charge >= 0.3 is 12.0 Å². The molecule has 0 radical (unpaired) electrons. The van der Waals surface area contributed by atoms with Crippen LogP contribution >= 0.6 is 11.3 Å². The van der Waals surface area contributed by atoms with Gasteiger partial charge in [-0.1, -0.05) is 12.1 Å². The number of ether oxygens (including phenoxy) is 1. The summed E-state index contributed by atoms with van der Waals surface area (Å²) in [5, 5.41) is 10.4. The van der Waals surface area contributed by atoms with Crippen LogP contribution in [-0.4, -0.2) is 45.0 Å². The van der Waals surface area contributed by atoms with E-state index >= 15 is 0 Å². The molecule has 0 bridgehead atoms. The lowest BCUT2D eigenvalue weighted by Gasteiger charge is -2.33. The Morgan fingerprint density at radius 3 is 2.93 bits per heavy atom. The van der Waals surface area contributed by atoms with E-state index in [4.69, 9.17) is 9.26 Å². The Balaban J connectivity index is 1.32. The fourth-order valence-electron chi connectivity index (χ4n) is 3.55. The summed E-state index contributed by atoms with van der Waals surface area (Å²) < 4.78 is 10.2. The number of nitrogens with one attached hydrogen (secondary N) is 1. The molecule has 10 heteroatoms. The van der Waals surface area contributed by atoms with Crippen molar-refractivity contribution in [1.82, 2.24) is 20.4 Å². The number of carbonyl (C=O) groups excluding carboxylic acids is 3. The van der Waals surface area contributed by atoms with Crippen LogP contribution < -0.4 is 5.32 Å². The molecule has 0 atom stereocenters. The summed E-state index contributed by atoms with van der Waals surface area (Å²) in [6.45, 7) is 1.47. The van der Waals surface area contributed by atoms with E-state index in [2.05, 4.69) is 22.4 Å². The molecule has 1 spiro atoms. The number of esters is 1. The van der Waals surface area contributed by atoms with Gasteiger partial charge < -0.3 is 14.6 Å². The van der Waals surface area contributed by atoms with Gasteiger partial charge in [-0.15, -0.1) is 0 Å². The highest BCUT2D eigenvalue weighted by molar-refractivity contribution is 7.08. The molecular formula is C18H20N4O5S. The van der Waals surface area contributed by atoms with Crippen molar-refractivity contribution in [3.63, 3.8) is 0 Å². The van der Waals surface area contributed by atoms with Crippen molar-refractivity contribution in [2.75, 3.05) is 6.54 Å². The SMILES string of the molecule is CC1CCC2(CC1)NC(=O)N(CC(=O)OCc1nc(-c3ccsc3)no1)C2=O. The first-order chi connectivity index (χ1) is 13.5. The van der Waals surface area contributed by atoms with Crippen LogP contribution in [0.15, 0.2) is 21.3 Å². The maximum Gasteiger partial charge on any atom is 0.326 e. The molecule has 1 aliphatic heterocycles. The molecule has 28 heavy (non-hydrogen) atoms. The first-order valence-corrected chi connectivity index (χ1v) is 10.1. The van der Waals surface area contributed by atoms with Crippen LogP contribution in [0, 0.1) is 5.92 Å². The summed E-state index contributed by atoms with van der Waals surface area (Å²) in [5.74, 6) is 0.0287. The molecule has 0 aromatic carbocycles. The molecule has 1 saturated heterocycles. The third-order valence-electron chi connectivity index (χ3n) is 5.27. The Kier molecular flexibility index (Phi) is 4.88. The maximum atomic E-state index is 12.7. The molecule has 3 heterocycles. The van der Waals surface area contributed by atoms with Gasteiger partial charge in [-0.3, -0.25) is 14.5 Å². The average Bonchev–Trinajstić information content (AvgIpc) is 3.40. The van der Waals surface area contributed by atoms with E-state index in [1.165, 1.54) is 11.3 Å². The fraction of sp³-hybridized carbons (Fsp3) is 0.500. The summed E-state index contributed by atoms with van der Waals surface area (Å²) in [5.41, 5.74) is -0.0519. The predicted octanol–water partition coefficient (Wildman–Crippen LogP) is 2.34. The Morgan fingerprint density at radius 2 is 2.21 bits per heavy atom. The molecule has 1 aliphatic carbocycles. The first-order valence-electron chi connectivity index (χ1n) is 9.12. The van der Waals surface area contributed by atoms with Crippen molar-refractivity contribution in [2.24, 2.45) is 5.92 Å². The Labute approximate surface area is 165 Å². The van der Waals surface area contributed by atoms with Crippen molar-refractivity contribution in [2.45, 2.75) is 44.8 Å². The number of carbonyl (C=O) groups is 3. The third kappa shape index (κ3) is 3.51. The molecule has 9 nitrogen and oxygen atoms in total.